The standard InChI is InChI=1S/C18H20N2O2S/c1-3-13-8-5-6-11-16(13)20-18(23)19-15-10-7-9-14(12-15)17(21)22-4-2/h5-12H,3-4H2,1-2H3,(H2,19,20,23). The van der Waals surface area contributed by atoms with Gasteiger partial charge in [0.1, 0.15) is 0 Å². The second-order valence-corrected chi connectivity index (χ2v) is 5.30. The molecule has 0 saturated carbocycles. The van der Waals surface area contributed by atoms with Gasteiger partial charge in [-0.25, -0.2) is 4.79 Å². The van der Waals surface area contributed by atoms with Gasteiger partial charge in [-0.2, -0.15) is 0 Å². The summed E-state index contributed by atoms with van der Waals surface area (Å²) in [7, 11) is 0. The number of hydrogen-bond donors (Lipinski definition) is 2. The van der Waals surface area contributed by atoms with Crippen molar-refractivity contribution in [1.29, 1.82) is 0 Å². The van der Waals surface area contributed by atoms with Gasteiger partial charge in [-0.15, -0.1) is 0 Å². The van der Waals surface area contributed by atoms with Gasteiger partial charge in [0, 0.05) is 11.4 Å². The van der Waals surface area contributed by atoms with Crippen molar-refractivity contribution < 1.29 is 9.53 Å². The molecule has 0 aliphatic rings. The molecule has 5 heteroatoms. The molecular weight excluding hydrogens is 308 g/mol. The molecule has 120 valence electrons. The molecule has 0 aliphatic heterocycles. The van der Waals surface area contributed by atoms with Crippen LogP contribution in [-0.2, 0) is 11.2 Å². The van der Waals surface area contributed by atoms with Crippen molar-refractivity contribution in [2.24, 2.45) is 0 Å². The fourth-order valence-electron chi connectivity index (χ4n) is 2.17. The monoisotopic (exact) mass is 328 g/mol. The lowest BCUT2D eigenvalue weighted by Gasteiger charge is -2.13. The van der Waals surface area contributed by atoms with Crippen molar-refractivity contribution in [3.05, 3.63) is 59.7 Å². The molecule has 0 amide bonds. The molecule has 0 atom stereocenters. The Labute approximate surface area is 141 Å². The topological polar surface area (TPSA) is 50.4 Å². The summed E-state index contributed by atoms with van der Waals surface area (Å²) in [4.78, 5) is 11.8. The third-order valence-electron chi connectivity index (χ3n) is 3.28. The zero-order valence-electron chi connectivity index (χ0n) is 13.3. The Hall–Kier alpha value is -2.40. The van der Waals surface area contributed by atoms with Crippen LogP contribution in [0.2, 0.25) is 0 Å². The summed E-state index contributed by atoms with van der Waals surface area (Å²) in [5, 5.41) is 6.76. The Bertz CT molecular complexity index is 701. The molecule has 4 nitrogen and oxygen atoms in total. The number of rotatable bonds is 5. The third-order valence-corrected chi connectivity index (χ3v) is 3.48. The maximum atomic E-state index is 11.8. The summed E-state index contributed by atoms with van der Waals surface area (Å²) >= 11 is 5.35. The van der Waals surface area contributed by atoms with Gasteiger partial charge in [-0.3, -0.25) is 0 Å². The Morgan fingerprint density at radius 3 is 2.61 bits per heavy atom. The van der Waals surface area contributed by atoms with E-state index in [-0.39, 0.29) is 5.97 Å². The number of para-hydroxylation sites is 1. The van der Waals surface area contributed by atoms with Crippen LogP contribution in [0, 0.1) is 0 Å². The minimum absolute atomic E-state index is 0.341. The van der Waals surface area contributed by atoms with E-state index in [0.29, 0.717) is 17.3 Å². The van der Waals surface area contributed by atoms with Gasteiger partial charge in [0.15, 0.2) is 5.11 Å². The van der Waals surface area contributed by atoms with Gasteiger partial charge in [0.05, 0.1) is 12.2 Å². The molecule has 0 aliphatic carbocycles. The number of aryl methyl sites for hydroxylation is 1. The van der Waals surface area contributed by atoms with Crippen LogP contribution in [0.5, 0.6) is 0 Å². The number of anilines is 2. The van der Waals surface area contributed by atoms with E-state index >= 15 is 0 Å². The molecular formula is C18H20N2O2S. The number of carbonyl (C=O) groups excluding carboxylic acids is 1. The van der Waals surface area contributed by atoms with E-state index in [2.05, 4.69) is 23.6 Å². The lowest BCUT2D eigenvalue weighted by molar-refractivity contribution is 0.0526. The van der Waals surface area contributed by atoms with Crippen LogP contribution in [0.3, 0.4) is 0 Å². The molecule has 0 fully saturated rings. The molecule has 2 rings (SSSR count). The highest BCUT2D eigenvalue weighted by atomic mass is 32.1. The maximum absolute atomic E-state index is 11.8. The van der Waals surface area contributed by atoms with Gasteiger partial charge in [-0.1, -0.05) is 31.2 Å². The Balaban J connectivity index is 2.05. The number of esters is 1. The SMILES string of the molecule is CCOC(=O)c1cccc(NC(=S)Nc2ccccc2CC)c1. The molecule has 0 aromatic heterocycles. The van der Waals surface area contributed by atoms with E-state index in [4.69, 9.17) is 17.0 Å². The van der Waals surface area contributed by atoms with Gasteiger partial charge in [0.25, 0.3) is 0 Å². The summed E-state index contributed by atoms with van der Waals surface area (Å²) in [6.45, 7) is 4.23. The first-order valence-corrected chi connectivity index (χ1v) is 7.98. The minimum atomic E-state index is -0.341. The van der Waals surface area contributed by atoms with Crippen molar-refractivity contribution in [3.8, 4) is 0 Å². The summed E-state index contributed by atoms with van der Waals surface area (Å²) in [6.07, 6.45) is 0.921. The lowest BCUT2D eigenvalue weighted by atomic mass is 10.1. The van der Waals surface area contributed by atoms with Crippen molar-refractivity contribution in [2.45, 2.75) is 20.3 Å². The Kier molecular flexibility index (Phi) is 6.11. The average Bonchev–Trinajstić information content (AvgIpc) is 2.55. The van der Waals surface area contributed by atoms with Gasteiger partial charge in [0.2, 0.25) is 0 Å². The molecule has 0 saturated heterocycles. The number of benzene rings is 2. The van der Waals surface area contributed by atoms with E-state index in [9.17, 15) is 4.79 Å². The Morgan fingerprint density at radius 2 is 1.87 bits per heavy atom. The number of hydrogen-bond acceptors (Lipinski definition) is 3. The van der Waals surface area contributed by atoms with E-state index in [0.717, 1.165) is 17.8 Å². The second kappa shape index (κ2) is 8.29. The predicted octanol–water partition coefficient (Wildman–Crippen LogP) is 4.23. The van der Waals surface area contributed by atoms with E-state index in [1.165, 1.54) is 5.56 Å². The Morgan fingerprint density at radius 1 is 1.09 bits per heavy atom. The van der Waals surface area contributed by atoms with Crippen LogP contribution in [0.25, 0.3) is 0 Å². The predicted molar refractivity (Wildman–Crippen MR) is 98.1 cm³/mol. The number of carbonyl (C=O) groups is 1. The fourth-order valence-corrected chi connectivity index (χ4v) is 2.40. The van der Waals surface area contributed by atoms with Crippen LogP contribution < -0.4 is 10.6 Å². The fraction of sp³-hybridized carbons (Fsp3) is 0.222. The highest BCUT2D eigenvalue weighted by molar-refractivity contribution is 7.80. The molecule has 2 aromatic rings. The molecule has 0 unspecified atom stereocenters. The van der Waals surface area contributed by atoms with Gasteiger partial charge in [-0.05, 0) is 55.4 Å². The first-order valence-electron chi connectivity index (χ1n) is 7.57. The quantitative estimate of drug-likeness (QED) is 0.635. The largest absolute Gasteiger partial charge is 0.462 e. The summed E-state index contributed by atoms with van der Waals surface area (Å²) < 4.78 is 5.00. The molecule has 0 heterocycles. The van der Waals surface area contributed by atoms with Crippen molar-refractivity contribution in [3.63, 3.8) is 0 Å². The maximum Gasteiger partial charge on any atom is 0.338 e. The normalized spacial score (nSPS) is 10.0. The highest BCUT2D eigenvalue weighted by Crippen LogP contribution is 2.17. The first kappa shape index (κ1) is 17.0. The molecule has 0 radical (unpaired) electrons. The van der Waals surface area contributed by atoms with Gasteiger partial charge >= 0.3 is 5.97 Å². The van der Waals surface area contributed by atoms with Crippen LogP contribution in [0.15, 0.2) is 48.5 Å². The first-order chi connectivity index (χ1) is 11.1. The van der Waals surface area contributed by atoms with Gasteiger partial charge < -0.3 is 15.4 Å². The lowest BCUT2D eigenvalue weighted by Crippen LogP contribution is -2.20. The van der Waals surface area contributed by atoms with Crippen LogP contribution >= 0.6 is 12.2 Å². The average molecular weight is 328 g/mol. The molecule has 2 N–H and O–H groups in total. The summed E-state index contributed by atoms with van der Waals surface area (Å²) in [5.74, 6) is -0.341. The van der Waals surface area contributed by atoms with E-state index in [1.807, 2.05) is 24.3 Å². The number of thiocarbonyl (C=S) groups is 1. The van der Waals surface area contributed by atoms with Crippen LogP contribution in [0.4, 0.5) is 11.4 Å². The van der Waals surface area contributed by atoms with Crippen LogP contribution in [0.1, 0.15) is 29.8 Å². The minimum Gasteiger partial charge on any atom is -0.462 e. The molecule has 23 heavy (non-hydrogen) atoms. The smallest absolute Gasteiger partial charge is 0.338 e. The van der Waals surface area contributed by atoms with Crippen molar-refractivity contribution in [1.82, 2.24) is 0 Å². The third kappa shape index (κ3) is 4.79. The highest BCUT2D eigenvalue weighted by Gasteiger charge is 2.08. The summed E-state index contributed by atoms with van der Waals surface area (Å²) in [5.41, 5.74) is 3.40. The van der Waals surface area contributed by atoms with E-state index in [1.54, 1.807) is 25.1 Å². The number of ether oxygens (including phenoxy) is 1. The van der Waals surface area contributed by atoms with E-state index < -0.39 is 0 Å². The zero-order valence-corrected chi connectivity index (χ0v) is 14.1. The number of nitrogens with one attached hydrogen (secondary N) is 2. The van der Waals surface area contributed by atoms with Crippen molar-refractivity contribution in [2.75, 3.05) is 17.2 Å². The second-order valence-electron chi connectivity index (χ2n) is 4.89. The van der Waals surface area contributed by atoms with Crippen molar-refractivity contribution >= 4 is 34.7 Å². The molecule has 0 spiro atoms. The zero-order chi connectivity index (χ0) is 16.7. The van der Waals surface area contributed by atoms with Crippen LogP contribution in [-0.4, -0.2) is 17.7 Å². The molecule has 0 bridgehead atoms. The summed E-state index contributed by atoms with van der Waals surface area (Å²) in [6, 6.07) is 15.1. The molecule has 2 aromatic carbocycles.